The van der Waals surface area contributed by atoms with Crippen LogP contribution < -0.4 is 0 Å². The van der Waals surface area contributed by atoms with Gasteiger partial charge in [-0.3, -0.25) is 4.79 Å². The van der Waals surface area contributed by atoms with Crippen molar-refractivity contribution in [2.24, 2.45) is 4.99 Å². The lowest BCUT2D eigenvalue weighted by Gasteiger charge is -2.13. The second-order valence-electron chi connectivity index (χ2n) is 6.32. The molecule has 2 aromatic carbocycles. The summed E-state index contributed by atoms with van der Waals surface area (Å²) in [5.41, 5.74) is 5.68. The van der Waals surface area contributed by atoms with E-state index in [1.807, 2.05) is 20.2 Å². The molecule has 0 aliphatic heterocycles. The van der Waals surface area contributed by atoms with Crippen LogP contribution in [0.3, 0.4) is 0 Å². The van der Waals surface area contributed by atoms with Crippen molar-refractivity contribution in [3.05, 3.63) is 70.3 Å². The molecule has 0 heterocycles. The Morgan fingerprint density at radius 3 is 2.13 bits per heavy atom. The lowest BCUT2D eigenvalue weighted by atomic mass is 9.93. The first-order chi connectivity index (χ1) is 11.1. The van der Waals surface area contributed by atoms with Gasteiger partial charge in [0.15, 0.2) is 0 Å². The summed E-state index contributed by atoms with van der Waals surface area (Å²) < 4.78 is 0. The summed E-state index contributed by atoms with van der Waals surface area (Å²) in [6.45, 7) is 0. The lowest BCUT2D eigenvalue weighted by Crippen LogP contribution is -2.11. The third-order valence-electron chi connectivity index (χ3n) is 4.22. The monoisotopic (exact) mass is 306 g/mol. The average Bonchev–Trinajstić information content (AvgIpc) is 2.55. The molecule has 0 unspecified atom stereocenters. The first kappa shape index (κ1) is 15.5. The van der Waals surface area contributed by atoms with Crippen LogP contribution in [0, 0.1) is 0 Å². The van der Waals surface area contributed by atoms with E-state index in [0.29, 0.717) is 0 Å². The van der Waals surface area contributed by atoms with E-state index in [1.165, 1.54) is 16.7 Å². The molecule has 4 aliphatic carbocycles. The SMILES string of the molecule is CN(C)C=NC(=O)c1cc2ccc1CCc1ccc(cc1)CC2. The molecular formula is C20H22N2O. The van der Waals surface area contributed by atoms with E-state index in [2.05, 4.69) is 41.4 Å². The van der Waals surface area contributed by atoms with Gasteiger partial charge in [-0.25, -0.2) is 0 Å². The van der Waals surface area contributed by atoms with Crippen molar-refractivity contribution < 1.29 is 4.79 Å². The van der Waals surface area contributed by atoms with Crippen molar-refractivity contribution in [1.82, 2.24) is 4.90 Å². The summed E-state index contributed by atoms with van der Waals surface area (Å²) in [4.78, 5) is 18.3. The zero-order valence-corrected chi connectivity index (χ0v) is 13.7. The first-order valence-corrected chi connectivity index (χ1v) is 8.06. The van der Waals surface area contributed by atoms with E-state index in [9.17, 15) is 4.79 Å². The zero-order valence-electron chi connectivity index (χ0n) is 13.7. The maximum atomic E-state index is 12.5. The molecule has 3 heteroatoms. The van der Waals surface area contributed by atoms with Crippen LogP contribution >= 0.6 is 0 Å². The Morgan fingerprint density at radius 1 is 0.913 bits per heavy atom. The predicted octanol–water partition coefficient (Wildman–Crippen LogP) is 3.30. The Hall–Kier alpha value is -2.42. The Labute approximate surface area is 137 Å². The van der Waals surface area contributed by atoms with Gasteiger partial charge < -0.3 is 4.90 Å². The van der Waals surface area contributed by atoms with Gasteiger partial charge in [-0.05, 0) is 54.0 Å². The molecule has 118 valence electrons. The topological polar surface area (TPSA) is 32.7 Å². The summed E-state index contributed by atoms with van der Waals surface area (Å²) in [6, 6.07) is 15.1. The molecule has 1 amide bonds. The van der Waals surface area contributed by atoms with Crippen LogP contribution in [-0.2, 0) is 25.7 Å². The molecule has 3 nitrogen and oxygen atoms in total. The number of rotatable bonds is 2. The summed E-state index contributed by atoms with van der Waals surface area (Å²) >= 11 is 0. The van der Waals surface area contributed by atoms with Gasteiger partial charge in [0.05, 0.1) is 6.34 Å². The number of aliphatic imine (C=N–C) groups is 1. The molecule has 0 atom stereocenters. The van der Waals surface area contributed by atoms with E-state index in [0.717, 1.165) is 36.8 Å². The molecule has 0 radical (unpaired) electrons. The van der Waals surface area contributed by atoms with Gasteiger partial charge in [-0.2, -0.15) is 4.99 Å². The quantitative estimate of drug-likeness (QED) is 0.630. The molecule has 0 saturated heterocycles. The third-order valence-corrected chi connectivity index (χ3v) is 4.22. The predicted molar refractivity (Wildman–Crippen MR) is 94.2 cm³/mol. The van der Waals surface area contributed by atoms with Gasteiger partial charge >= 0.3 is 0 Å². The standard InChI is InChI=1S/C20H22N2O/c1-22(2)14-21-20(23)19-13-17-8-7-15-3-5-16(6-4-15)9-11-18(19)12-10-17/h3-6,10,12-14H,7-9,11H2,1-2H3. The van der Waals surface area contributed by atoms with E-state index in [-0.39, 0.29) is 5.91 Å². The van der Waals surface area contributed by atoms with Crippen LogP contribution in [0.2, 0.25) is 0 Å². The van der Waals surface area contributed by atoms with Gasteiger partial charge in [-0.1, -0.05) is 36.4 Å². The Morgan fingerprint density at radius 2 is 1.48 bits per heavy atom. The first-order valence-electron chi connectivity index (χ1n) is 8.06. The molecule has 2 aromatic rings. The van der Waals surface area contributed by atoms with Crippen molar-refractivity contribution >= 4 is 12.2 Å². The van der Waals surface area contributed by atoms with Crippen LogP contribution in [0.4, 0.5) is 0 Å². The fourth-order valence-electron chi connectivity index (χ4n) is 2.87. The fraction of sp³-hybridized carbons (Fsp3) is 0.300. The number of carbonyl (C=O) groups is 1. The van der Waals surface area contributed by atoms with Crippen LogP contribution in [0.5, 0.6) is 0 Å². The Balaban J connectivity index is 1.94. The van der Waals surface area contributed by atoms with E-state index >= 15 is 0 Å². The Kier molecular flexibility index (Phi) is 4.56. The van der Waals surface area contributed by atoms with Gasteiger partial charge in [0, 0.05) is 19.7 Å². The molecule has 6 rings (SSSR count). The van der Waals surface area contributed by atoms with E-state index < -0.39 is 0 Å². The number of nitrogens with zero attached hydrogens (tertiary/aromatic N) is 2. The Bertz CT molecular complexity index is 730. The highest BCUT2D eigenvalue weighted by Crippen LogP contribution is 2.20. The zero-order chi connectivity index (χ0) is 16.2. The number of aryl methyl sites for hydroxylation is 4. The lowest BCUT2D eigenvalue weighted by molar-refractivity contribution is 0.100. The van der Waals surface area contributed by atoms with Gasteiger partial charge in [0.1, 0.15) is 0 Å². The molecule has 0 saturated carbocycles. The second-order valence-corrected chi connectivity index (χ2v) is 6.32. The summed E-state index contributed by atoms with van der Waals surface area (Å²) in [5, 5.41) is 0. The molecule has 0 fully saturated rings. The van der Waals surface area contributed by atoms with Gasteiger partial charge in [0.2, 0.25) is 0 Å². The normalized spacial score (nSPS) is 13.8. The van der Waals surface area contributed by atoms with Crippen LogP contribution in [0.25, 0.3) is 0 Å². The highest BCUT2D eigenvalue weighted by molar-refractivity contribution is 6.00. The molecular weight excluding hydrogens is 284 g/mol. The molecule has 0 N–H and O–H groups in total. The number of carbonyl (C=O) groups excluding carboxylic acids is 1. The largest absolute Gasteiger partial charge is 0.369 e. The minimum Gasteiger partial charge on any atom is -0.369 e. The highest BCUT2D eigenvalue weighted by atomic mass is 16.1. The summed E-state index contributed by atoms with van der Waals surface area (Å²) in [7, 11) is 3.73. The summed E-state index contributed by atoms with van der Waals surface area (Å²) in [5.74, 6) is -0.151. The van der Waals surface area contributed by atoms with Crippen molar-refractivity contribution in [2.45, 2.75) is 25.7 Å². The third kappa shape index (κ3) is 3.86. The molecule has 4 bridgehead atoms. The minimum absolute atomic E-state index is 0.151. The second kappa shape index (κ2) is 6.78. The van der Waals surface area contributed by atoms with Crippen molar-refractivity contribution in [2.75, 3.05) is 14.1 Å². The number of amides is 1. The molecule has 4 aliphatic rings. The van der Waals surface area contributed by atoms with Crippen molar-refractivity contribution in [1.29, 1.82) is 0 Å². The van der Waals surface area contributed by atoms with Crippen molar-refractivity contribution in [3.8, 4) is 0 Å². The average molecular weight is 306 g/mol. The molecule has 0 aromatic heterocycles. The fourth-order valence-corrected chi connectivity index (χ4v) is 2.87. The maximum absolute atomic E-state index is 12.5. The maximum Gasteiger partial charge on any atom is 0.278 e. The highest BCUT2D eigenvalue weighted by Gasteiger charge is 2.13. The van der Waals surface area contributed by atoms with E-state index in [4.69, 9.17) is 0 Å². The smallest absolute Gasteiger partial charge is 0.278 e. The van der Waals surface area contributed by atoms with Gasteiger partial charge in [-0.15, -0.1) is 0 Å². The van der Waals surface area contributed by atoms with Crippen molar-refractivity contribution in [3.63, 3.8) is 0 Å². The van der Waals surface area contributed by atoms with Crippen LogP contribution in [-0.4, -0.2) is 31.2 Å². The van der Waals surface area contributed by atoms with E-state index in [1.54, 1.807) is 11.2 Å². The van der Waals surface area contributed by atoms with Gasteiger partial charge in [0.25, 0.3) is 5.91 Å². The van der Waals surface area contributed by atoms with Crippen LogP contribution in [0.15, 0.2) is 47.5 Å². The number of benzene rings is 2. The number of hydrogen-bond acceptors (Lipinski definition) is 1. The minimum atomic E-state index is -0.151. The molecule has 0 spiro atoms. The molecule has 23 heavy (non-hydrogen) atoms. The summed E-state index contributed by atoms with van der Waals surface area (Å²) in [6.07, 6.45) is 5.31. The van der Waals surface area contributed by atoms with Crippen LogP contribution in [0.1, 0.15) is 32.6 Å². The number of hydrogen-bond donors (Lipinski definition) is 0.